The minimum atomic E-state index is -2.92. The highest BCUT2D eigenvalue weighted by molar-refractivity contribution is 7.90. The molecule has 0 fully saturated rings. The van der Waals surface area contributed by atoms with Crippen molar-refractivity contribution in [2.24, 2.45) is 0 Å². The van der Waals surface area contributed by atoms with Crippen LogP contribution in [0.1, 0.15) is 30.2 Å². The molecule has 0 bridgehead atoms. The topological polar surface area (TPSA) is 68.5 Å². The van der Waals surface area contributed by atoms with E-state index in [0.717, 1.165) is 31.6 Å². The first-order chi connectivity index (χ1) is 9.06. The second-order valence-electron chi connectivity index (χ2n) is 4.94. The van der Waals surface area contributed by atoms with Crippen molar-refractivity contribution in [3.05, 3.63) is 23.7 Å². The molecular weight excluding hydrogens is 266 g/mol. The third-order valence-corrected chi connectivity index (χ3v) is 4.20. The van der Waals surface area contributed by atoms with E-state index in [4.69, 9.17) is 9.15 Å². The van der Waals surface area contributed by atoms with Crippen LogP contribution in [0.3, 0.4) is 0 Å². The van der Waals surface area contributed by atoms with Crippen LogP contribution in [0.15, 0.2) is 16.7 Å². The summed E-state index contributed by atoms with van der Waals surface area (Å²) >= 11 is 0. The van der Waals surface area contributed by atoms with Gasteiger partial charge in [-0.25, -0.2) is 8.42 Å². The average molecular weight is 287 g/mol. The summed E-state index contributed by atoms with van der Waals surface area (Å²) in [5.41, 5.74) is 1.25. The molecule has 0 aromatic carbocycles. The smallest absolute Gasteiger partial charge is 0.149 e. The minimum Gasteiger partial charge on any atom is -0.469 e. The summed E-state index contributed by atoms with van der Waals surface area (Å²) in [6.45, 7) is 1.51. The van der Waals surface area contributed by atoms with Crippen molar-refractivity contribution in [1.29, 1.82) is 0 Å². The second kappa shape index (κ2) is 6.54. The Morgan fingerprint density at radius 3 is 3.11 bits per heavy atom. The molecule has 1 aliphatic carbocycles. The first kappa shape index (κ1) is 14.6. The Labute approximate surface area is 114 Å². The van der Waals surface area contributed by atoms with Gasteiger partial charge in [0.05, 0.1) is 25.2 Å². The number of nitrogens with one attached hydrogen (secondary N) is 1. The van der Waals surface area contributed by atoms with Gasteiger partial charge in [0.25, 0.3) is 0 Å². The lowest BCUT2D eigenvalue weighted by atomic mass is 9.93. The molecular formula is C13H21NO4S. The van der Waals surface area contributed by atoms with Crippen molar-refractivity contribution < 1.29 is 17.6 Å². The number of sulfone groups is 1. The van der Waals surface area contributed by atoms with E-state index >= 15 is 0 Å². The lowest BCUT2D eigenvalue weighted by Gasteiger charge is -2.22. The zero-order valence-electron chi connectivity index (χ0n) is 11.2. The van der Waals surface area contributed by atoms with E-state index in [0.29, 0.717) is 12.6 Å². The monoisotopic (exact) mass is 287 g/mol. The molecule has 0 unspecified atom stereocenters. The maximum atomic E-state index is 10.9. The van der Waals surface area contributed by atoms with Crippen molar-refractivity contribution in [1.82, 2.24) is 5.32 Å². The summed E-state index contributed by atoms with van der Waals surface area (Å²) in [5.74, 6) is 1.17. The van der Waals surface area contributed by atoms with E-state index in [-0.39, 0.29) is 12.4 Å². The van der Waals surface area contributed by atoms with Crippen LogP contribution in [0.4, 0.5) is 0 Å². The van der Waals surface area contributed by atoms with Crippen LogP contribution in [0, 0.1) is 0 Å². The minimum absolute atomic E-state index is 0.0856. The number of fused-ring (bicyclic) bond motifs is 1. The van der Waals surface area contributed by atoms with Crippen molar-refractivity contribution >= 4 is 9.84 Å². The number of furan rings is 1. The third-order valence-electron chi connectivity index (χ3n) is 3.29. The fraction of sp³-hybridized carbons (Fsp3) is 0.692. The number of hydrogen-bond donors (Lipinski definition) is 1. The van der Waals surface area contributed by atoms with Gasteiger partial charge in [0.2, 0.25) is 0 Å². The van der Waals surface area contributed by atoms with Crippen LogP contribution in [0.2, 0.25) is 0 Å². The zero-order chi connectivity index (χ0) is 13.7. The van der Waals surface area contributed by atoms with E-state index < -0.39 is 9.84 Å². The molecule has 1 aliphatic rings. The molecule has 19 heavy (non-hydrogen) atoms. The van der Waals surface area contributed by atoms with Crippen LogP contribution in [0.5, 0.6) is 0 Å². The van der Waals surface area contributed by atoms with Gasteiger partial charge in [0.15, 0.2) is 0 Å². The Morgan fingerprint density at radius 1 is 1.47 bits per heavy atom. The fourth-order valence-electron chi connectivity index (χ4n) is 2.32. The van der Waals surface area contributed by atoms with Crippen molar-refractivity contribution in [2.45, 2.75) is 25.3 Å². The molecule has 108 valence electrons. The first-order valence-electron chi connectivity index (χ1n) is 6.61. The molecule has 0 spiro atoms. The molecule has 0 saturated carbocycles. The van der Waals surface area contributed by atoms with Gasteiger partial charge in [-0.05, 0) is 18.9 Å². The molecule has 0 saturated heterocycles. The molecule has 1 aromatic heterocycles. The number of ether oxygens (including phenoxy) is 1. The highest BCUT2D eigenvalue weighted by atomic mass is 32.2. The Morgan fingerprint density at radius 2 is 2.32 bits per heavy atom. The Hall–Kier alpha value is -0.850. The van der Waals surface area contributed by atoms with Crippen LogP contribution in [-0.2, 0) is 21.0 Å². The van der Waals surface area contributed by atoms with Gasteiger partial charge in [-0.2, -0.15) is 0 Å². The highest BCUT2D eigenvalue weighted by Gasteiger charge is 2.21. The zero-order valence-corrected chi connectivity index (χ0v) is 12.0. The van der Waals surface area contributed by atoms with Gasteiger partial charge in [-0.15, -0.1) is 0 Å². The maximum absolute atomic E-state index is 10.9. The SMILES string of the molecule is CS(=O)(=O)CCOCCN[C@H]1CCCc2occc21. The largest absolute Gasteiger partial charge is 0.469 e. The molecule has 5 nitrogen and oxygen atoms in total. The fourth-order valence-corrected chi connectivity index (χ4v) is 2.74. The van der Waals surface area contributed by atoms with Crippen LogP contribution < -0.4 is 5.32 Å². The predicted octanol–water partition coefficient (Wildman–Crippen LogP) is 1.31. The van der Waals surface area contributed by atoms with Crippen LogP contribution in [0.25, 0.3) is 0 Å². The second-order valence-corrected chi connectivity index (χ2v) is 7.20. The van der Waals surface area contributed by atoms with E-state index in [1.165, 1.54) is 11.8 Å². The molecule has 0 amide bonds. The summed E-state index contributed by atoms with van der Waals surface area (Å²) in [6.07, 6.45) is 6.22. The molecule has 0 aliphatic heterocycles. The number of aryl methyl sites for hydroxylation is 1. The summed E-state index contributed by atoms with van der Waals surface area (Å²) in [5, 5.41) is 3.43. The predicted molar refractivity (Wildman–Crippen MR) is 72.9 cm³/mol. The number of rotatable bonds is 7. The summed E-state index contributed by atoms with van der Waals surface area (Å²) in [7, 11) is -2.92. The normalized spacial score (nSPS) is 19.3. The van der Waals surface area contributed by atoms with E-state index in [1.807, 2.05) is 6.07 Å². The van der Waals surface area contributed by atoms with E-state index in [9.17, 15) is 8.42 Å². The van der Waals surface area contributed by atoms with E-state index in [2.05, 4.69) is 5.32 Å². The molecule has 1 heterocycles. The third kappa shape index (κ3) is 4.63. The quantitative estimate of drug-likeness (QED) is 0.766. The Balaban J connectivity index is 1.65. The molecule has 1 aromatic rings. The van der Waals surface area contributed by atoms with Crippen molar-refractivity contribution in [2.75, 3.05) is 31.8 Å². The van der Waals surface area contributed by atoms with Crippen molar-refractivity contribution in [3.63, 3.8) is 0 Å². The van der Waals surface area contributed by atoms with Gasteiger partial charge < -0.3 is 14.5 Å². The summed E-state index contributed by atoms with van der Waals surface area (Å²) in [4.78, 5) is 0. The summed E-state index contributed by atoms with van der Waals surface area (Å²) in [6, 6.07) is 2.36. The highest BCUT2D eigenvalue weighted by Crippen LogP contribution is 2.30. The first-order valence-corrected chi connectivity index (χ1v) is 8.67. The molecule has 1 N–H and O–H groups in total. The van der Waals surface area contributed by atoms with Gasteiger partial charge in [0.1, 0.15) is 15.6 Å². The van der Waals surface area contributed by atoms with E-state index in [1.54, 1.807) is 6.26 Å². The Kier molecular flexibility index (Phi) is 5.01. The van der Waals surface area contributed by atoms with Gasteiger partial charge >= 0.3 is 0 Å². The van der Waals surface area contributed by atoms with Gasteiger partial charge in [-0.3, -0.25) is 0 Å². The maximum Gasteiger partial charge on any atom is 0.149 e. The average Bonchev–Trinajstić information content (AvgIpc) is 2.81. The standard InChI is InChI=1S/C13H21NO4S/c1-19(15,16)10-9-17-8-6-14-12-3-2-4-13-11(12)5-7-18-13/h5,7,12,14H,2-4,6,8-10H2,1H3/t12-/m0/s1. The van der Waals surface area contributed by atoms with Crippen molar-refractivity contribution in [3.8, 4) is 0 Å². The molecule has 6 heteroatoms. The lowest BCUT2D eigenvalue weighted by molar-refractivity contribution is 0.147. The van der Waals surface area contributed by atoms with Gasteiger partial charge in [-0.1, -0.05) is 0 Å². The Bertz CT molecular complexity index is 494. The summed E-state index contributed by atoms with van der Waals surface area (Å²) < 4.78 is 32.6. The molecule has 0 radical (unpaired) electrons. The lowest BCUT2D eigenvalue weighted by Crippen LogP contribution is -2.28. The van der Waals surface area contributed by atoms with Crippen LogP contribution >= 0.6 is 0 Å². The molecule has 1 atom stereocenters. The molecule has 2 rings (SSSR count). The number of hydrogen-bond acceptors (Lipinski definition) is 5. The van der Waals surface area contributed by atoms with Gasteiger partial charge in [0, 0.05) is 30.8 Å². The van der Waals surface area contributed by atoms with Crippen LogP contribution in [-0.4, -0.2) is 40.2 Å².